The number of nitrogens with one attached hydrogen (secondary N) is 1. The first-order valence-corrected chi connectivity index (χ1v) is 7.68. The van der Waals surface area contributed by atoms with Gasteiger partial charge in [-0.3, -0.25) is 9.59 Å². The molecule has 0 radical (unpaired) electrons. The van der Waals surface area contributed by atoms with Crippen molar-refractivity contribution in [2.75, 3.05) is 21.3 Å². The maximum Gasteiger partial charge on any atom is 0.307 e. The predicted octanol–water partition coefficient (Wildman–Crippen LogP) is 2.22. The molecule has 126 valence electrons. The minimum atomic E-state index is -0.449. The highest BCUT2D eigenvalue weighted by Gasteiger charge is 2.28. The van der Waals surface area contributed by atoms with Crippen LogP contribution in [0.15, 0.2) is 18.2 Å². The van der Waals surface area contributed by atoms with E-state index in [1.807, 2.05) is 6.07 Å². The number of esters is 1. The van der Waals surface area contributed by atoms with E-state index in [1.165, 1.54) is 7.11 Å². The van der Waals surface area contributed by atoms with Crippen LogP contribution in [-0.4, -0.2) is 33.2 Å². The number of carbonyl (C=O) groups excluding carboxylic acids is 2. The Balaban J connectivity index is 2.20. The molecule has 1 amide bonds. The fourth-order valence-corrected chi connectivity index (χ4v) is 2.53. The summed E-state index contributed by atoms with van der Waals surface area (Å²) >= 11 is 0. The summed E-state index contributed by atoms with van der Waals surface area (Å²) in [4.78, 5) is 23.9. The third kappa shape index (κ3) is 4.15. The average Bonchev–Trinajstić information content (AvgIpc) is 2.51. The van der Waals surface area contributed by atoms with E-state index < -0.39 is 6.04 Å². The highest BCUT2D eigenvalue weighted by molar-refractivity contribution is 5.81. The van der Waals surface area contributed by atoms with Crippen molar-refractivity contribution in [3.8, 4) is 11.5 Å². The van der Waals surface area contributed by atoms with Crippen LogP contribution in [0.5, 0.6) is 11.5 Å². The number of benzene rings is 1. The van der Waals surface area contributed by atoms with Gasteiger partial charge in [0.15, 0.2) is 11.5 Å². The predicted molar refractivity (Wildman–Crippen MR) is 84.4 cm³/mol. The molecule has 1 aromatic carbocycles. The summed E-state index contributed by atoms with van der Waals surface area (Å²) in [6.07, 6.45) is 2.96. The molecule has 0 heterocycles. The Bertz CT molecular complexity index is 568. The third-order valence-electron chi connectivity index (χ3n) is 4.20. The Kier molecular flexibility index (Phi) is 5.84. The van der Waals surface area contributed by atoms with Gasteiger partial charge in [0.25, 0.3) is 0 Å². The maximum absolute atomic E-state index is 12.2. The maximum atomic E-state index is 12.2. The minimum Gasteiger partial charge on any atom is -0.493 e. The second-order valence-corrected chi connectivity index (χ2v) is 5.58. The van der Waals surface area contributed by atoms with E-state index in [1.54, 1.807) is 26.4 Å². The smallest absolute Gasteiger partial charge is 0.307 e. The van der Waals surface area contributed by atoms with E-state index in [-0.39, 0.29) is 24.2 Å². The molecule has 1 aliphatic rings. The lowest BCUT2D eigenvalue weighted by molar-refractivity contribution is -0.141. The third-order valence-corrected chi connectivity index (χ3v) is 4.20. The second-order valence-electron chi connectivity index (χ2n) is 5.58. The van der Waals surface area contributed by atoms with Crippen LogP contribution in [0, 0.1) is 5.92 Å². The summed E-state index contributed by atoms with van der Waals surface area (Å²) < 4.78 is 15.2. The summed E-state index contributed by atoms with van der Waals surface area (Å²) in [5, 5.41) is 2.95. The highest BCUT2D eigenvalue weighted by atomic mass is 16.5. The van der Waals surface area contributed by atoms with Gasteiger partial charge in [0.2, 0.25) is 5.91 Å². The van der Waals surface area contributed by atoms with Gasteiger partial charge in [0.1, 0.15) is 0 Å². The van der Waals surface area contributed by atoms with Gasteiger partial charge in [0, 0.05) is 5.92 Å². The Morgan fingerprint density at radius 2 is 1.87 bits per heavy atom. The van der Waals surface area contributed by atoms with Crippen LogP contribution in [-0.2, 0) is 14.3 Å². The lowest BCUT2D eigenvalue weighted by atomic mass is 9.84. The van der Waals surface area contributed by atoms with E-state index in [4.69, 9.17) is 14.2 Å². The van der Waals surface area contributed by atoms with Crippen LogP contribution in [0.3, 0.4) is 0 Å². The van der Waals surface area contributed by atoms with Crippen molar-refractivity contribution in [2.45, 2.75) is 31.7 Å². The molecular weight excluding hydrogens is 298 g/mol. The molecule has 2 rings (SSSR count). The second kappa shape index (κ2) is 7.85. The Morgan fingerprint density at radius 1 is 1.17 bits per heavy atom. The molecule has 0 aliphatic heterocycles. The largest absolute Gasteiger partial charge is 0.493 e. The number of hydrogen-bond donors (Lipinski definition) is 1. The summed E-state index contributed by atoms with van der Waals surface area (Å²) in [6.45, 7) is 0. The fraction of sp³-hybridized carbons (Fsp3) is 0.529. The van der Waals surface area contributed by atoms with Crippen molar-refractivity contribution >= 4 is 11.9 Å². The zero-order chi connectivity index (χ0) is 16.8. The van der Waals surface area contributed by atoms with Crippen LogP contribution in [0.1, 0.15) is 37.3 Å². The molecule has 0 unspecified atom stereocenters. The summed E-state index contributed by atoms with van der Waals surface area (Å²) in [5.41, 5.74) is 0.778. The molecule has 0 saturated heterocycles. The molecular formula is C17H23NO5. The topological polar surface area (TPSA) is 73.9 Å². The Labute approximate surface area is 136 Å². The summed E-state index contributed by atoms with van der Waals surface area (Å²) in [6, 6.07) is 4.90. The van der Waals surface area contributed by atoms with Gasteiger partial charge >= 0.3 is 5.97 Å². The van der Waals surface area contributed by atoms with E-state index in [0.717, 1.165) is 24.8 Å². The summed E-state index contributed by atoms with van der Waals surface area (Å²) in [7, 11) is 4.44. The van der Waals surface area contributed by atoms with Crippen molar-refractivity contribution in [1.82, 2.24) is 5.32 Å². The molecule has 23 heavy (non-hydrogen) atoms. The first-order chi connectivity index (χ1) is 11.1. The molecule has 1 fully saturated rings. The van der Waals surface area contributed by atoms with Crippen molar-refractivity contribution in [2.24, 2.45) is 5.92 Å². The normalized spacial score (nSPS) is 15.3. The molecule has 1 aliphatic carbocycles. The van der Waals surface area contributed by atoms with Gasteiger partial charge in [-0.05, 0) is 30.5 Å². The average molecular weight is 321 g/mol. The fourth-order valence-electron chi connectivity index (χ4n) is 2.53. The number of amides is 1. The van der Waals surface area contributed by atoms with E-state index in [0.29, 0.717) is 11.5 Å². The van der Waals surface area contributed by atoms with Gasteiger partial charge in [-0.2, -0.15) is 0 Å². The number of methoxy groups -OCH3 is 3. The number of hydrogen-bond acceptors (Lipinski definition) is 5. The SMILES string of the molecule is COC(=O)C[C@H](NC(=O)C1CCC1)c1ccc(OC)c(OC)c1. The van der Waals surface area contributed by atoms with Crippen molar-refractivity contribution in [1.29, 1.82) is 0 Å². The molecule has 1 atom stereocenters. The monoisotopic (exact) mass is 321 g/mol. The molecule has 6 heteroatoms. The Hall–Kier alpha value is -2.24. The number of ether oxygens (including phenoxy) is 3. The van der Waals surface area contributed by atoms with Crippen molar-refractivity contribution in [3.63, 3.8) is 0 Å². The lowest BCUT2D eigenvalue weighted by Gasteiger charge is -2.27. The van der Waals surface area contributed by atoms with Gasteiger partial charge in [-0.25, -0.2) is 0 Å². The first-order valence-electron chi connectivity index (χ1n) is 7.68. The van der Waals surface area contributed by atoms with Crippen molar-refractivity contribution in [3.05, 3.63) is 23.8 Å². The van der Waals surface area contributed by atoms with Crippen LogP contribution in [0.25, 0.3) is 0 Å². The molecule has 0 spiro atoms. The zero-order valence-corrected chi connectivity index (χ0v) is 13.8. The Morgan fingerprint density at radius 3 is 2.39 bits per heavy atom. The van der Waals surface area contributed by atoms with E-state index in [2.05, 4.69) is 5.32 Å². The van der Waals surface area contributed by atoms with Crippen LogP contribution < -0.4 is 14.8 Å². The van der Waals surface area contributed by atoms with Crippen LogP contribution in [0.4, 0.5) is 0 Å². The number of rotatable bonds is 7. The molecule has 0 bridgehead atoms. The van der Waals surface area contributed by atoms with Gasteiger partial charge in [0.05, 0.1) is 33.8 Å². The quantitative estimate of drug-likeness (QED) is 0.780. The summed E-state index contributed by atoms with van der Waals surface area (Å²) in [5.74, 6) is 0.810. The zero-order valence-electron chi connectivity index (χ0n) is 13.8. The molecule has 1 aromatic rings. The van der Waals surface area contributed by atoms with Gasteiger partial charge in [-0.1, -0.05) is 12.5 Å². The molecule has 0 aromatic heterocycles. The van der Waals surface area contributed by atoms with Gasteiger partial charge < -0.3 is 19.5 Å². The highest BCUT2D eigenvalue weighted by Crippen LogP contribution is 2.32. The first kappa shape index (κ1) is 17.1. The van der Waals surface area contributed by atoms with E-state index >= 15 is 0 Å². The molecule has 1 saturated carbocycles. The lowest BCUT2D eigenvalue weighted by Crippen LogP contribution is -2.37. The van der Waals surface area contributed by atoms with Crippen molar-refractivity contribution < 1.29 is 23.8 Å². The standard InChI is InChI=1S/C17H23NO5/c1-21-14-8-7-12(9-15(14)22-2)13(10-16(19)23-3)18-17(20)11-5-4-6-11/h7-9,11,13H,4-6,10H2,1-3H3,(H,18,20)/t13-/m0/s1. The van der Waals surface area contributed by atoms with E-state index in [9.17, 15) is 9.59 Å². The molecule has 6 nitrogen and oxygen atoms in total. The van der Waals surface area contributed by atoms with Gasteiger partial charge in [-0.15, -0.1) is 0 Å². The van der Waals surface area contributed by atoms with Crippen LogP contribution >= 0.6 is 0 Å². The molecule has 1 N–H and O–H groups in total. The number of carbonyl (C=O) groups is 2. The van der Waals surface area contributed by atoms with Crippen LogP contribution in [0.2, 0.25) is 0 Å². The minimum absolute atomic E-state index is 0.0139.